The number of nitrogens with one attached hydrogen (secondary N) is 1. The van der Waals surface area contributed by atoms with E-state index in [1.54, 1.807) is 24.3 Å². The minimum absolute atomic E-state index is 0.0353. The molecule has 1 atom stereocenters. The minimum Gasteiger partial charge on any atom is -0.445 e. The van der Waals surface area contributed by atoms with Crippen molar-refractivity contribution in [1.29, 1.82) is 0 Å². The van der Waals surface area contributed by atoms with Crippen LogP contribution < -0.4 is 5.32 Å². The molecule has 1 aromatic carbocycles. The number of carbonyl (C=O) groups is 1. The smallest absolute Gasteiger partial charge is 0.408 e. The molecule has 4 rings (SSSR count). The third-order valence-electron chi connectivity index (χ3n) is 6.12. The molecule has 3 heterocycles. The fourth-order valence-corrected chi connectivity index (χ4v) is 5.70. The number of alkyl carbamates (subject to hydrolysis) is 1. The highest BCUT2D eigenvalue weighted by Gasteiger charge is 2.37. The van der Waals surface area contributed by atoms with Crippen LogP contribution in [0.1, 0.15) is 59.4 Å². The molecule has 7 heteroatoms. The summed E-state index contributed by atoms with van der Waals surface area (Å²) in [5.41, 5.74) is -0.116. The van der Waals surface area contributed by atoms with Crippen LogP contribution in [-0.4, -0.2) is 56.4 Å². The number of benzene rings is 1. The van der Waals surface area contributed by atoms with Crippen molar-refractivity contribution in [3.05, 3.63) is 29.8 Å². The van der Waals surface area contributed by atoms with Gasteiger partial charge in [-0.1, -0.05) is 32.6 Å². The minimum atomic E-state index is -3.31. The van der Waals surface area contributed by atoms with Crippen LogP contribution in [0.3, 0.4) is 0 Å². The summed E-state index contributed by atoms with van der Waals surface area (Å²) in [5.74, 6) is 6.67. The predicted octanol–water partition coefficient (Wildman–Crippen LogP) is 3.85. The standard InChI is InChI=1S/C25H36N2O4S/c1-24(2,3)14-17-32(29,30)21-8-6-19(7-9-21)10-13-25(4,5)26-23(28)31-22-18-27-15-11-20(22)12-16-27/h6-9,20,22H,11-12,14-18H2,1-5H3,(H,26,28). The fraction of sp³-hybridized carbons (Fsp3) is 0.640. The molecule has 1 aromatic rings. The van der Waals surface area contributed by atoms with Gasteiger partial charge in [-0.05, 0) is 81.8 Å². The maximum atomic E-state index is 12.5. The molecule has 3 saturated heterocycles. The second kappa shape index (κ2) is 9.44. The Morgan fingerprint density at radius 2 is 1.75 bits per heavy atom. The van der Waals surface area contributed by atoms with Gasteiger partial charge in [0.05, 0.1) is 16.2 Å². The van der Waals surface area contributed by atoms with Crippen molar-refractivity contribution in [2.45, 2.75) is 70.4 Å². The van der Waals surface area contributed by atoms with Crippen molar-refractivity contribution in [2.75, 3.05) is 25.4 Å². The molecule has 0 aliphatic carbocycles. The molecule has 176 valence electrons. The lowest BCUT2D eigenvalue weighted by atomic mass is 9.86. The quantitative estimate of drug-likeness (QED) is 0.676. The maximum absolute atomic E-state index is 12.5. The third-order valence-corrected chi connectivity index (χ3v) is 7.85. The Balaban J connectivity index is 1.57. The monoisotopic (exact) mass is 460 g/mol. The van der Waals surface area contributed by atoms with E-state index in [1.807, 2.05) is 34.6 Å². The molecule has 1 unspecified atom stereocenters. The number of hydrogen-bond acceptors (Lipinski definition) is 5. The molecule has 0 aromatic heterocycles. The molecule has 3 aliphatic rings. The Bertz CT molecular complexity index is 973. The molecule has 2 bridgehead atoms. The summed E-state index contributed by atoms with van der Waals surface area (Å²) < 4.78 is 30.8. The van der Waals surface area contributed by atoms with Gasteiger partial charge in [0.2, 0.25) is 0 Å². The Morgan fingerprint density at radius 3 is 2.28 bits per heavy atom. The van der Waals surface area contributed by atoms with Gasteiger partial charge >= 0.3 is 6.09 Å². The summed E-state index contributed by atoms with van der Waals surface area (Å²) in [6, 6.07) is 6.62. The van der Waals surface area contributed by atoms with E-state index in [4.69, 9.17) is 4.74 Å². The zero-order valence-electron chi connectivity index (χ0n) is 19.9. The normalized spacial score (nSPS) is 23.2. The molecule has 0 radical (unpaired) electrons. The summed E-state index contributed by atoms with van der Waals surface area (Å²) in [6.45, 7) is 12.7. The van der Waals surface area contributed by atoms with Gasteiger partial charge in [-0.15, -0.1) is 0 Å². The molecule has 3 aliphatic heterocycles. The van der Waals surface area contributed by atoms with Crippen LogP contribution >= 0.6 is 0 Å². The summed E-state index contributed by atoms with van der Waals surface area (Å²) in [5, 5.41) is 2.85. The topological polar surface area (TPSA) is 75.7 Å². The highest BCUT2D eigenvalue weighted by molar-refractivity contribution is 7.91. The van der Waals surface area contributed by atoms with E-state index in [0.29, 0.717) is 22.8 Å². The van der Waals surface area contributed by atoms with Gasteiger partial charge in [0.15, 0.2) is 9.84 Å². The average Bonchev–Trinajstić information content (AvgIpc) is 2.71. The van der Waals surface area contributed by atoms with E-state index >= 15 is 0 Å². The van der Waals surface area contributed by atoms with E-state index in [9.17, 15) is 13.2 Å². The van der Waals surface area contributed by atoms with Crippen LogP contribution in [0.4, 0.5) is 4.79 Å². The van der Waals surface area contributed by atoms with Crippen LogP contribution in [0, 0.1) is 23.2 Å². The number of nitrogens with zero attached hydrogens (tertiary/aromatic N) is 1. The van der Waals surface area contributed by atoms with E-state index in [0.717, 1.165) is 32.5 Å². The SMILES string of the molecule is CC(C)(C)CCS(=O)(=O)c1ccc(C#CC(C)(C)NC(=O)OC2CN3CCC2CC3)cc1. The lowest BCUT2D eigenvalue weighted by Gasteiger charge is -2.44. The van der Waals surface area contributed by atoms with Gasteiger partial charge in [0.1, 0.15) is 6.10 Å². The number of amides is 1. The number of carbonyl (C=O) groups excluding carboxylic acids is 1. The van der Waals surface area contributed by atoms with Crippen LogP contribution in [0.5, 0.6) is 0 Å². The molecule has 6 nitrogen and oxygen atoms in total. The molecule has 32 heavy (non-hydrogen) atoms. The van der Waals surface area contributed by atoms with Crippen LogP contribution in [0.15, 0.2) is 29.2 Å². The summed E-state index contributed by atoms with van der Waals surface area (Å²) in [4.78, 5) is 15.1. The highest BCUT2D eigenvalue weighted by Crippen LogP contribution is 2.29. The lowest BCUT2D eigenvalue weighted by molar-refractivity contribution is -0.0342. The Labute approximate surface area is 193 Å². The zero-order valence-corrected chi connectivity index (χ0v) is 20.7. The number of ether oxygens (including phenoxy) is 1. The molecule has 1 N–H and O–H groups in total. The number of sulfone groups is 1. The number of piperidine rings is 3. The Kier molecular flexibility index (Phi) is 7.26. The van der Waals surface area contributed by atoms with Crippen molar-refractivity contribution in [3.63, 3.8) is 0 Å². The highest BCUT2D eigenvalue weighted by atomic mass is 32.2. The van der Waals surface area contributed by atoms with Crippen LogP contribution in [0.25, 0.3) is 0 Å². The van der Waals surface area contributed by atoms with Crippen LogP contribution in [0.2, 0.25) is 0 Å². The first-order valence-corrected chi connectivity index (χ1v) is 13.1. The van der Waals surface area contributed by atoms with E-state index < -0.39 is 21.5 Å². The van der Waals surface area contributed by atoms with Crippen molar-refractivity contribution in [2.24, 2.45) is 11.3 Å². The van der Waals surface area contributed by atoms with E-state index in [2.05, 4.69) is 22.1 Å². The first-order chi connectivity index (χ1) is 14.8. The van der Waals surface area contributed by atoms with Crippen molar-refractivity contribution in [3.8, 4) is 11.8 Å². The zero-order chi connectivity index (χ0) is 23.6. The molecule has 0 spiro atoms. The van der Waals surface area contributed by atoms with Crippen molar-refractivity contribution in [1.82, 2.24) is 10.2 Å². The third kappa shape index (κ3) is 6.98. The summed E-state index contributed by atoms with van der Waals surface area (Å²) in [7, 11) is -3.31. The number of rotatable bonds is 5. The summed E-state index contributed by atoms with van der Waals surface area (Å²) >= 11 is 0. The molecular weight excluding hydrogens is 424 g/mol. The molecular formula is C25H36N2O4S. The Hall–Kier alpha value is -2.04. The maximum Gasteiger partial charge on any atom is 0.408 e. The van der Waals surface area contributed by atoms with Gasteiger partial charge in [-0.2, -0.15) is 0 Å². The van der Waals surface area contributed by atoms with Crippen LogP contribution in [-0.2, 0) is 14.6 Å². The fourth-order valence-electron chi connectivity index (χ4n) is 4.03. The van der Waals surface area contributed by atoms with Gasteiger partial charge in [0, 0.05) is 12.1 Å². The van der Waals surface area contributed by atoms with E-state index in [-0.39, 0.29) is 17.3 Å². The first kappa shape index (κ1) is 24.6. The largest absolute Gasteiger partial charge is 0.445 e. The van der Waals surface area contributed by atoms with E-state index in [1.165, 1.54) is 0 Å². The first-order valence-electron chi connectivity index (χ1n) is 11.4. The van der Waals surface area contributed by atoms with Gasteiger partial charge in [-0.25, -0.2) is 13.2 Å². The predicted molar refractivity (Wildman–Crippen MR) is 126 cm³/mol. The second-order valence-corrected chi connectivity index (χ2v) is 12.8. The van der Waals surface area contributed by atoms with Crippen molar-refractivity contribution >= 4 is 15.9 Å². The molecule has 1 amide bonds. The van der Waals surface area contributed by atoms with Crippen molar-refractivity contribution < 1.29 is 17.9 Å². The van der Waals surface area contributed by atoms with Gasteiger partial charge in [0.25, 0.3) is 0 Å². The molecule has 0 saturated carbocycles. The number of fused-ring (bicyclic) bond motifs is 3. The van der Waals surface area contributed by atoms with Gasteiger partial charge < -0.3 is 10.1 Å². The Morgan fingerprint density at radius 1 is 1.12 bits per heavy atom. The average molecular weight is 461 g/mol. The summed E-state index contributed by atoms with van der Waals surface area (Å²) in [6.07, 6.45) is 2.29. The number of hydrogen-bond donors (Lipinski definition) is 1. The second-order valence-electron chi connectivity index (χ2n) is 10.7. The molecule has 3 fully saturated rings. The van der Waals surface area contributed by atoms with Gasteiger partial charge in [-0.3, -0.25) is 4.90 Å². The lowest BCUT2D eigenvalue weighted by Crippen LogP contribution is -2.53.